The third kappa shape index (κ3) is 3.85. The van der Waals surface area contributed by atoms with Crippen LogP contribution in [-0.2, 0) is 13.0 Å². The number of rotatable bonds is 7. The number of benzene rings is 1. The van der Waals surface area contributed by atoms with Crippen molar-refractivity contribution in [2.24, 2.45) is 5.11 Å². The molecule has 0 saturated carbocycles. The van der Waals surface area contributed by atoms with Crippen molar-refractivity contribution in [2.45, 2.75) is 25.9 Å². The van der Waals surface area contributed by atoms with Gasteiger partial charge in [0.05, 0.1) is 18.5 Å². The van der Waals surface area contributed by atoms with Crippen LogP contribution in [0.15, 0.2) is 41.8 Å². The van der Waals surface area contributed by atoms with Gasteiger partial charge in [-0.25, -0.2) is 4.68 Å². The lowest BCUT2D eigenvalue weighted by atomic mass is 10.1. The van der Waals surface area contributed by atoms with Crippen LogP contribution in [0.5, 0.6) is 0 Å². The highest BCUT2D eigenvalue weighted by atomic mass is 16.3. The molecule has 0 aliphatic carbocycles. The molecule has 0 unspecified atom stereocenters. The molecular formula is C14H17N5O. The van der Waals surface area contributed by atoms with Gasteiger partial charge in [0, 0.05) is 23.2 Å². The van der Waals surface area contributed by atoms with Crippen molar-refractivity contribution in [3.63, 3.8) is 0 Å². The van der Waals surface area contributed by atoms with Crippen molar-refractivity contribution in [1.82, 2.24) is 9.78 Å². The van der Waals surface area contributed by atoms with Gasteiger partial charge in [-0.2, -0.15) is 5.10 Å². The number of aliphatic hydroxyl groups excluding tert-OH is 1. The van der Waals surface area contributed by atoms with E-state index >= 15 is 0 Å². The Morgan fingerprint density at radius 2 is 2.00 bits per heavy atom. The van der Waals surface area contributed by atoms with Crippen LogP contribution >= 0.6 is 0 Å². The van der Waals surface area contributed by atoms with E-state index < -0.39 is 0 Å². The molecule has 1 N–H and O–H groups in total. The maximum atomic E-state index is 9.02. The summed E-state index contributed by atoms with van der Waals surface area (Å²) in [6.07, 6.45) is 6.36. The van der Waals surface area contributed by atoms with Crippen molar-refractivity contribution in [3.05, 3.63) is 58.2 Å². The van der Waals surface area contributed by atoms with Gasteiger partial charge in [-0.15, -0.1) is 0 Å². The zero-order valence-corrected chi connectivity index (χ0v) is 11.2. The van der Waals surface area contributed by atoms with E-state index in [4.69, 9.17) is 10.6 Å². The Hall–Kier alpha value is -2.30. The summed E-state index contributed by atoms with van der Waals surface area (Å²) in [4.78, 5) is 2.73. The zero-order chi connectivity index (χ0) is 14.2. The Kier molecular flexibility index (Phi) is 5.17. The number of aliphatic hydroxyl groups is 1. The topological polar surface area (TPSA) is 86.8 Å². The average Bonchev–Trinajstić information content (AvgIpc) is 2.97. The molecule has 0 atom stereocenters. The Morgan fingerprint density at radius 3 is 2.65 bits per heavy atom. The van der Waals surface area contributed by atoms with Crippen LogP contribution in [0.4, 0.5) is 0 Å². The number of hydrogen-bond donors (Lipinski definition) is 1. The van der Waals surface area contributed by atoms with Crippen molar-refractivity contribution in [3.8, 4) is 5.69 Å². The maximum Gasteiger partial charge on any atom is 0.0712 e. The molecular weight excluding hydrogens is 254 g/mol. The molecule has 0 amide bonds. The van der Waals surface area contributed by atoms with Crippen molar-refractivity contribution >= 4 is 0 Å². The van der Waals surface area contributed by atoms with Gasteiger partial charge < -0.3 is 5.11 Å². The van der Waals surface area contributed by atoms with Crippen LogP contribution in [0, 0.1) is 0 Å². The number of aromatic nitrogens is 2. The first-order valence-electron chi connectivity index (χ1n) is 6.58. The van der Waals surface area contributed by atoms with Gasteiger partial charge in [0.25, 0.3) is 0 Å². The Balaban J connectivity index is 1.90. The minimum atomic E-state index is 0.00324. The predicted octanol–water partition coefficient (Wildman–Crippen LogP) is 3.00. The van der Waals surface area contributed by atoms with E-state index in [0.717, 1.165) is 30.5 Å². The molecule has 2 aromatic rings. The predicted molar refractivity (Wildman–Crippen MR) is 76.4 cm³/mol. The Morgan fingerprint density at radius 1 is 1.20 bits per heavy atom. The summed E-state index contributed by atoms with van der Waals surface area (Å²) in [6, 6.07) is 8.17. The molecule has 0 aliphatic heterocycles. The normalized spacial score (nSPS) is 10.2. The number of hydrogen-bond acceptors (Lipinski definition) is 3. The summed E-state index contributed by atoms with van der Waals surface area (Å²) in [5, 5.41) is 16.7. The van der Waals surface area contributed by atoms with Crippen LogP contribution in [-0.4, -0.2) is 21.4 Å². The average molecular weight is 271 g/mol. The Bertz CT molecular complexity index is 584. The summed E-state index contributed by atoms with van der Waals surface area (Å²) in [5.74, 6) is 0. The van der Waals surface area contributed by atoms with E-state index in [1.807, 2.05) is 18.3 Å². The van der Waals surface area contributed by atoms with Gasteiger partial charge in [0.1, 0.15) is 0 Å². The molecule has 0 saturated heterocycles. The summed E-state index contributed by atoms with van der Waals surface area (Å²) in [6.45, 7) is 0.565. The molecule has 20 heavy (non-hydrogen) atoms. The molecule has 1 aromatic carbocycles. The van der Waals surface area contributed by atoms with E-state index in [1.54, 1.807) is 10.9 Å². The van der Waals surface area contributed by atoms with E-state index in [9.17, 15) is 0 Å². The molecule has 0 bridgehead atoms. The highest BCUT2D eigenvalue weighted by Crippen LogP contribution is 2.12. The molecule has 0 spiro atoms. The molecule has 6 heteroatoms. The third-order valence-corrected chi connectivity index (χ3v) is 3.06. The van der Waals surface area contributed by atoms with Gasteiger partial charge in [-0.05, 0) is 42.5 Å². The highest BCUT2D eigenvalue weighted by molar-refractivity contribution is 5.34. The minimum absolute atomic E-state index is 0.00324. The molecule has 1 heterocycles. The smallest absolute Gasteiger partial charge is 0.0712 e. The summed E-state index contributed by atoms with van der Waals surface area (Å²) >= 11 is 0. The monoisotopic (exact) mass is 271 g/mol. The van der Waals surface area contributed by atoms with Crippen LogP contribution in [0.25, 0.3) is 16.1 Å². The SMILES string of the molecule is [N-]=[N+]=NCCCCc1ccc(-n2cc(CO)cn2)cc1. The van der Waals surface area contributed by atoms with E-state index in [-0.39, 0.29) is 6.61 Å². The molecule has 0 aliphatic rings. The second kappa shape index (κ2) is 7.33. The number of unbranched alkanes of at least 4 members (excludes halogenated alkanes) is 1. The second-order valence-corrected chi connectivity index (χ2v) is 4.53. The lowest BCUT2D eigenvalue weighted by molar-refractivity contribution is 0.282. The Labute approximate surface area is 117 Å². The second-order valence-electron chi connectivity index (χ2n) is 4.53. The van der Waals surface area contributed by atoms with Crippen LogP contribution < -0.4 is 0 Å². The first-order valence-corrected chi connectivity index (χ1v) is 6.58. The molecule has 104 valence electrons. The summed E-state index contributed by atoms with van der Waals surface area (Å²) in [5.41, 5.74) is 11.2. The van der Waals surface area contributed by atoms with E-state index in [1.165, 1.54) is 5.56 Å². The fourth-order valence-electron chi connectivity index (χ4n) is 1.95. The van der Waals surface area contributed by atoms with Crippen molar-refractivity contribution < 1.29 is 5.11 Å². The quantitative estimate of drug-likeness (QED) is 0.363. The summed E-state index contributed by atoms with van der Waals surface area (Å²) in [7, 11) is 0. The van der Waals surface area contributed by atoms with Crippen LogP contribution in [0.1, 0.15) is 24.0 Å². The number of nitrogens with zero attached hydrogens (tertiary/aromatic N) is 5. The highest BCUT2D eigenvalue weighted by Gasteiger charge is 2.00. The molecule has 1 aromatic heterocycles. The number of azide groups is 1. The maximum absolute atomic E-state index is 9.02. The van der Waals surface area contributed by atoms with Gasteiger partial charge >= 0.3 is 0 Å². The van der Waals surface area contributed by atoms with E-state index in [0.29, 0.717) is 6.54 Å². The molecule has 6 nitrogen and oxygen atoms in total. The lowest BCUT2D eigenvalue weighted by Crippen LogP contribution is -1.95. The first-order chi connectivity index (χ1) is 9.83. The molecule has 0 fully saturated rings. The minimum Gasteiger partial charge on any atom is -0.392 e. The van der Waals surface area contributed by atoms with Crippen LogP contribution in [0.2, 0.25) is 0 Å². The number of aryl methyl sites for hydroxylation is 1. The van der Waals surface area contributed by atoms with Crippen molar-refractivity contribution in [2.75, 3.05) is 6.54 Å². The van der Waals surface area contributed by atoms with Gasteiger partial charge in [0.2, 0.25) is 0 Å². The third-order valence-electron chi connectivity index (χ3n) is 3.06. The zero-order valence-electron chi connectivity index (χ0n) is 11.2. The van der Waals surface area contributed by atoms with Gasteiger partial charge in [-0.1, -0.05) is 17.2 Å². The van der Waals surface area contributed by atoms with Gasteiger partial charge in [0.15, 0.2) is 0 Å². The fourth-order valence-corrected chi connectivity index (χ4v) is 1.95. The van der Waals surface area contributed by atoms with Crippen molar-refractivity contribution in [1.29, 1.82) is 0 Å². The fraction of sp³-hybridized carbons (Fsp3) is 0.357. The lowest BCUT2D eigenvalue weighted by Gasteiger charge is -2.04. The summed E-state index contributed by atoms with van der Waals surface area (Å²) < 4.78 is 1.75. The van der Waals surface area contributed by atoms with Crippen LogP contribution in [0.3, 0.4) is 0 Å². The first kappa shape index (κ1) is 14.1. The van der Waals surface area contributed by atoms with Gasteiger partial charge in [-0.3, -0.25) is 0 Å². The molecule has 0 radical (unpaired) electrons. The van der Waals surface area contributed by atoms with E-state index in [2.05, 4.69) is 27.3 Å². The largest absolute Gasteiger partial charge is 0.392 e. The molecule has 2 rings (SSSR count). The standard InChI is InChI=1S/C14H17N5O/c15-18-16-8-2-1-3-12-4-6-14(7-5-12)19-10-13(11-20)9-17-19/h4-7,9-10,20H,1-3,8,11H2.